The molecule has 0 bridgehead atoms. The molecule has 3 nitrogen and oxygen atoms in total. The van der Waals surface area contributed by atoms with E-state index in [2.05, 4.69) is 53.7 Å². The van der Waals surface area contributed by atoms with E-state index in [1.54, 1.807) is 11.8 Å². The fourth-order valence-corrected chi connectivity index (χ4v) is 3.66. The highest BCUT2D eigenvalue weighted by Gasteiger charge is 2.25. The van der Waals surface area contributed by atoms with Gasteiger partial charge in [-0.3, -0.25) is 0 Å². The van der Waals surface area contributed by atoms with Gasteiger partial charge in [-0.25, -0.2) is 0 Å². The van der Waals surface area contributed by atoms with Crippen LogP contribution in [0, 0.1) is 0 Å². The third-order valence-electron chi connectivity index (χ3n) is 4.37. The van der Waals surface area contributed by atoms with Crippen LogP contribution in [-0.2, 0) is 6.42 Å². The third-order valence-corrected chi connectivity index (χ3v) is 5.53. The first-order valence-corrected chi connectivity index (χ1v) is 9.17. The molecule has 3 unspecified atom stereocenters. The quantitative estimate of drug-likeness (QED) is 0.770. The Balaban J connectivity index is 1.71. The van der Waals surface area contributed by atoms with Crippen molar-refractivity contribution in [2.45, 2.75) is 37.1 Å². The molecule has 21 heavy (non-hydrogen) atoms. The minimum Gasteiger partial charge on any atom is -0.395 e. The van der Waals surface area contributed by atoms with Crippen LogP contribution in [-0.4, -0.2) is 59.8 Å². The summed E-state index contributed by atoms with van der Waals surface area (Å²) in [6.07, 6.45) is 4.42. The van der Waals surface area contributed by atoms with E-state index < -0.39 is 0 Å². The normalized spacial score (nSPS) is 22.3. The van der Waals surface area contributed by atoms with Gasteiger partial charge in [0.2, 0.25) is 0 Å². The molecule has 2 N–H and O–H groups in total. The summed E-state index contributed by atoms with van der Waals surface area (Å²) in [5.74, 6) is 0. The van der Waals surface area contributed by atoms with E-state index in [9.17, 15) is 5.11 Å². The first-order valence-electron chi connectivity index (χ1n) is 7.89. The lowest BCUT2D eigenvalue weighted by molar-refractivity contribution is 0.267. The van der Waals surface area contributed by atoms with Crippen LogP contribution >= 0.6 is 11.8 Å². The van der Waals surface area contributed by atoms with Crippen molar-refractivity contribution in [3.63, 3.8) is 0 Å². The van der Waals surface area contributed by atoms with Gasteiger partial charge in [0.05, 0.1) is 6.61 Å². The molecule has 0 aromatic heterocycles. The number of nitrogens with zero attached hydrogens (tertiary/aromatic N) is 1. The van der Waals surface area contributed by atoms with Gasteiger partial charge in [0.25, 0.3) is 0 Å². The smallest absolute Gasteiger partial charge is 0.0564 e. The summed E-state index contributed by atoms with van der Waals surface area (Å²) >= 11 is 1.74. The second-order valence-corrected chi connectivity index (χ2v) is 7.01. The molecule has 2 rings (SSSR count). The molecule has 1 heterocycles. The highest BCUT2D eigenvalue weighted by Crippen LogP contribution is 2.15. The van der Waals surface area contributed by atoms with Crippen molar-refractivity contribution in [2.75, 3.05) is 32.5 Å². The molecule has 1 aromatic rings. The third kappa shape index (κ3) is 5.29. The zero-order valence-corrected chi connectivity index (χ0v) is 14.0. The number of hydrogen-bond donors (Lipinski definition) is 2. The van der Waals surface area contributed by atoms with Crippen LogP contribution in [0.4, 0.5) is 0 Å². The van der Waals surface area contributed by atoms with Gasteiger partial charge in [0.1, 0.15) is 0 Å². The monoisotopic (exact) mass is 308 g/mol. The van der Waals surface area contributed by atoms with Crippen LogP contribution in [0.2, 0.25) is 0 Å². The van der Waals surface area contributed by atoms with Crippen molar-refractivity contribution in [1.82, 2.24) is 10.2 Å². The number of aliphatic hydroxyl groups is 1. The van der Waals surface area contributed by atoms with Crippen molar-refractivity contribution in [3.8, 4) is 0 Å². The van der Waals surface area contributed by atoms with Crippen LogP contribution in [0.3, 0.4) is 0 Å². The molecule has 1 aliphatic heterocycles. The van der Waals surface area contributed by atoms with Gasteiger partial charge in [-0.1, -0.05) is 30.3 Å². The number of thioether (sulfide) groups is 1. The number of nitrogens with one attached hydrogen (secondary N) is 1. The average Bonchev–Trinajstić information content (AvgIpc) is 2.95. The van der Waals surface area contributed by atoms with E-state index >= 15 is 0 Å². The van der Waals surface area contributed by atoms with Gasteiger partial charge in [-0.15, -0.1) is 0 Å². The molecule has 118 valence electrons. The fraction of sp³-hybridized carbons (Fsp3) is 0.647. The molecule has 1 aromatic carbocycles. The highest BCUT2D eigenvalue weighted by molar-refractivity contribution is 7.99. The number of benzene rings is 1. The summed E-state index contributed by atoms with van der Waals surface area (Å²) in [4.78, 5) is 2.55. The largest absolute Gasteiger partial charge is 0.395 e. The lowest BCUT2D eigenvalue weighted by Crippen LogP contribution is -2.44. The summed E-state index contributed by atoms with van der Waals surface area (Å²) in [6, 6.07) is 11.6. The second kappa shape index (κ2) is 8.79. The Morgan fingerprint density at radius 1 is 1.38 bits per heavy atom. The molecule has 0 spiro atoms. The molecular formula is C17H28N2OS. The Morgan fingerprint density at radius 3 is 2.81 bits per heavy atom. The Morgan fingerprint density at radius 2 is 2.14 bits per heavy atom. The number of likely N-dealkylation sites (tertiary alicyclic amines) is 1. The van der Waals surface area contributed by atoms with Crippen molar-refractivity contribution in [1.29, 1.82) is 0 Å². The van der Waals surface area contributed by atoms with E-state index in [0.717, 1.165) is 19.5 Å². The zero-order chi connectivity index (χ0) is 15.1. The summed E-state index contributed by atoms with van der Waals surface area (Å²) in [7, 11) is 0. The molecule has 1 aliphatic rings. The minimum atomic E-state index is 0.250. The lowest BCUT2D eigenvalue weighted by Gasteiger charge is -2.25. The Kier molecular flexibility index (Phi) is 7.04. The van der Waals surface area contributed by atoms with E-state index in [1.807, 2.05) is 0 Å². The maximum Gasteiger partial charge on any atom is 0.0564 e. The standard InChI is InChI=1S/C17H28N2OS/c1-14(17(13-20)21-2)18-16-9-11-19(12-16)10-8-15-6-4-3-5-7-15/h3-7,14,16-18,20H,8-13H2,1-2H3. The van der Waals surface area contributed by atoms with Gasteiger partial charge in [0, 0.05) is 30.4 Å². The Hall–Kier alpha value is -0.550. The van der Waals surface area contributed by atoms with Crippen molar-refractivity contribution < 1.29 is 5.11 Å². The maximum atomic E-state index is 9.36. The van der Waals surface area contributed by atoms with Crippen LogP contribution in [0.15, 0.2) is 30.3 Å². The van der Waals surface area contributed by atoms with Crippen molar-refractivity contribution in [3.05, 3.63) is 35.9 Å². The average molecular weight is 308 g/mol. The molecule has 0 saturated carbocycles. The summed E-state index contributed by atoms with van der Waals surface area (Å²) in [5.41, 5.74) is 1.42. The molecule has 0 amide bonds. The summed E-state index contributed by atoms with van der Waals surface area (Å²) in [6.45, 7) is 5.89. The van der Waals surface area contributed by atoms with E-state index in [1.165, 1.54) is 18.5 Å². The van der Waals surface area contributed by atoms with E-state index in [-0.39, 0.29) is 6.61 Å². The number of aliphatic hydroxyl groups excluding tert-OH is 1. The Bertz CT molecular complexity index is 397. The number of rotatable bonds is 8. The second-order valence-electron chi connectivity index (χ2n) is 5.93. The van der Waals surface area contributed by atoms with Crippen LogP contribution in [0.5, 0.6) is 0 Å². The van der Waals surface area contributed by atoms with Gasteiger partial charge < -0.3 is 15.3 Å². The molecule has 4 heteroatoms. The van der Waals surface area contributed by atoms with Gasteiger partial charge in [-0.05, 0) is 38.1 Å². The first kappa shape index (κ1) is 16.8. The Labute approximate surface area is 133 Å². The minimum absolute atomic E-state index is 0.250. The maximum absolute atomic E-state index is 9.36. The lowest BCUT2D eigenvalue weighted by atomic mass is 10.1. The summed E-state index contributed by atoms with van der Waals surface area (Å²) < 4.78 is 0. The van der Waals surface area contributed by atoms with E-state index in [0.29, 0.717) is 17.3 Å². The molecular weight excluding hydrogens is 280 g/mol. The molecule has 0 aliphatic carbocycles. The predicted molar refractivity (Wildman–Crippen MR) is 92.0 cm³/mol. The van der Waals surface area contributed by atoms with Crippen LogP contribution in [0.1, 0.15) is 18.9 Å². The predicted octanol–water partition coefficient (Wildman–Crippen LogP) is 2.01. The van der Waals surface area contributed by atoms with Crippen molar-refractivity contribution >= 4 is 11.8 Å². The zero-order valence-electron chi connectivity index (χ0n) is 13.2. The molecule has 3 atom stereocenters. The highest BCUT2D eigenvalue weighted by atomic mass is 32.2. The van der Waals surface area contributed by atoms with Gasteiger partial charge in [0.15, 0.2) is 0 Å². The SMILES string of the molecule is CSC(CO)C(C)NC1CCN(CCc2ccccc2)C1. The molecule has 1 fully saturated rings. The van der Waals surface area contributed by atoms with Gasteiger partial charge in [-0.2, -0.15) is 11.8 Å². The van der Waals surface area contributed by atoms with Crippen LogP contribution in [0.25, 0.3) is 0 Å². The summed E-state index contributed by atoms with van der Waals surface area (Å²) in [5, 5.41) is 13.3. The molecule has 0 radical (unpaired) electrons. The number of hydrogen-bond acceptors (Lipinski definition) is 4. The fourth-order valence-electron chi connectivity index (χ4n) is 3.02. The topological polar surface area (TPSA) is 35.5 Å². The van der Waals surface area contributed by atoms with Crippen LogP contribution < -0.4 is 5.32 Å². The van der Waals surface area contributed by atoms with Crippen molar-refractivity contribution in [2.24, 2.45) is 0 Å². The first-order chi connectivity index (χ1) is 10.2. The molecule has 1 saturated heterocycles. The van der Waals surface area contributed by atoms with E-state index in [4.69, 9.17) is 0 Å². The van der Waals surface area contributed by atoms with Gasteiger partial charge >= 0.3 is 0 Å².